The Hall–Kier alpha value is -1.62. The number of aryl methyl sites for hydroxylation is 1. The molecule has 0 aromatic carbocycles. The quantitative estimate of drug-likeness (QED) is 0.796. The summed E-state index contributed by atoms with van der Waals surface area (Å²) < 4.78 is 10.6. The van der Waals surface area contributed by atoms with Crippen LogP contribution in [0.2, 0.25) is 0 Å². The van der Waals surface area contributed by atoms with Crippen molar-refractivity contribution >= 4 is 0 Å². The molecule has 0 aliphatic carbocycles. The van der Waals surface area contributed by atoms with Gasteiger partial charge in [-0.2, -0.15) is 0 Å². The van der Waals surface area contributed by atoms with Crippen LogP contribution in [-0.2, 0) is 13.0 Å². The zero-order valence-corrected chi connectivity index (χ0v) is 7.86. The highest BCUT2D eigenvalue weighted by atomic mass is 16.4. The van der Waals surface area contributed by atoms with E-state index in [1.807, 2.05) is 13.0 Å². The minimum Gasteiger partial charge on any atom is -0.469 e. The van der Waals surface area contributed by atoms with E-state index in [2.05, 4.69) is 10.2 Å². The van der Waals surface area contributed by atoms with Gasteiger partial charge in [0, 0.05) is 6.42 Å². The molecular weight excluding hydrogens is 182 g/mol. The summed E-state index contributed by atoms with van der Waals surface area (Å²) in [6.07, 6.45) is 2.41. The molecule has 2 aromatic rings. The maximum Gasteiger partial charge on any atom is 0.251 e. The molecule has 0 spiro atoms. The third-order valence-corrected chi connectivity index (χ3v) is 1.94. The minimum atomic E-state index is 0.256. The van der Waals surface area contributed by atoms with Crippen molar-refractivity contribution in [1.29, 1.82) is 0 Å². The summed E-state index contributed by atoms with van der Waals surface area (Å²) in [7, 11) is 0. The van der Waals surface area contributed by atoms with Crippen molar-refractivity contribution in [1.82, 2.24) is 10.2 Å². The van der Waals surface area contributed by atoms with Crippen molar-refractivity contribution in [2.24, 2.45) is 5.73 Å². The molecule has 2 rings (SSSR count). The van der Waals surface area contributed by atoms with E-state index in [1.54, 1.807) is 6.26 Å². The van der Waals surface area contributed by atoms with E-state index in [9.17, 15) is 0 Å². The van der Waals surface area contributed by atoms with Gasteiger partial charge in [-0.25, -0.2) is 0 Å². The van der Waals surface area contributed by atoms with E-state index in [-0.39, 0.29) is 6.54 Å². The normalized spacial score (nSPS) is 10.7. The first-order valence-electron chi connectivity index (χ1n) is 4.44. The Balaban J connectivity index is 2.38. The largest absolute Gasteiger partial charge is 0.469 e. The fraction of sp³-hybridized carbons (Fsp3) is 0.333. The van der Waals surface area contributed by atoms with E-state index in [4.69, 9.17) is 14.6 Å². The molecule has 0 atom stereocenters. The van der Waals surface area contributed by atoms with Gasteiger partial charge in [-0.3, -0.25) is 0 Å². The highest BCUT2D eigenvalue weighted by Crippen LogP contribution is 2.23. The Kier molecular flexibility index (Phi) is 2.32. The minimum absolute atomic E-state index is 0.256. The topological polar surface area (TPSA) is 78.1 Å². The molecule has 5 heteroatoms. The first-order chi connectivity index (χ1) is 6.85. The van der Waals surface area contributed by atoms with Crippen LogP contribution in [0.4, 0.5) is 0 Å². The Morgan fingerprint density at radius 2 is 2.29 bits per heavy atom. The lowest BCUT2D eigenvalue weighted by atomic mass is 10.2. The highest BCUT2D eigenvalue weighted by molar-refractivity contribution is 5.54. The first-order valence-corrected chi connectivity index (χ1v) is 4.44. The van der Waals surface area contributed by atoms with E-state index in [0.717, 1.165) is 17.7 Å². The molecule has 0 saturated carbocycles. The second-order valence-electron chi connectivity index (χ2n) is 2.82. The van der Waals surface area contributed by atoms with Gasteiger partial charge < -0.3 is 14.6 Å². The number of rotatable bonds is 3. The maximum absolute atomic E-state index is 5.37. The van der Waals surface area contributed by atoms with Crippen LogP contribution < -0.4 is 5.73 Å². The van der Waals surface area contributed by atoms with Crippen molar-refractivity contribution < 1.29 is 8.83 Å². The van der Waals surface area contributed by atoms with Crippen LogP contribution in [0.15, 0.2) is 21.2 Å². The standard InChI is InChI=1S/C9H11N3O2/c1-2-7-6(3-4-13-7)9-12-11-8(5-10)14-9/h3-4H,2,5,10H2,1H3. The summed E-state index contributed by atoms with van der Waals surface area (Å²) >= 11 is 0. The molecule has 0 aliphatic heterocycles. The van der Waals surface area contributed by atoms with Crippen LogP contribution in [0.25, 0.3) is 11.5 Å². The maximum atomic E-state index is 5.37. The molecule has 5 nitrogen and oxygen atoms in total. The van der Waals surface area contributed by atoms with Crippen molar-refractivity contribution in [2.75, 3.05) is 0 Å². The van der Waals surface area contributed by atoms with Gasteiger partial charge in [0.05, 0.1) is 18.4 Å². The van der Waals surface area contributed by atoms with E-state index >= 15 is 0 Å². The predicted molar refractivity (Wildman–Crippen MR) is 49.3 cm³/mol. The zero-order chi connectivity index (χ0) is 9.97. The molecule has 2 N–H and O–H groups in total. The predicted octanol–water partition coefficient (Wildman–Crippen LogP) is 1.35. The monoisotopic (exact) mass is 193 g/mol. The summed E-state index contributed by atoms with van der Waals surface area (Å²) in [4.78, 5) is 0. The number of hydrogen-bond donors (Lipinski definition) is 1. The highest BCUT2D eigenvalue weighted by Gasteiger charge is 2.13. The lowest BCUT2D eigenvalue weighted by Crippen LogP contribution is -1.95. The number of nitrogens with zero attached hydrogens (tertiary/aromatic N) is 2. The summed E-state index contributed by atoms with van der Waals surface area (Å²) in [5, 5.41) is 7.66. The van der Waals surface area contributed by atoms with Crippen LogP contribution in [0.3, 0.4) is 0 Å². The van der Waals surface area contributed by atoms with Crippen LogP contribution in [-0.4, -0.2) is 10.2 Å². The zero-order valence-electron chi connectivity index (χ0n) is 7.86. The van der Waals surface area contributed by atoms with Gasteiger partial charge in [0.1, 0.15) is 5.76 Å². The Bertz CT molecular complexity index is 419. The van der Waals surface area contributed by atoms with E-state index < -0.39 is 0 Å². The fourth-order valence-corrected chi connectivity index (χ4v) is 1.25. The van der Waals surface area contributed by atoms with Gasteiger partial charge in [-0.05, 0) is 6.07 Å². The molecular formula is C9H11N3O2. The Morgan fingerprint density at radius 1 is 1.43 bits per heavy atom. The van der Waals surface area contributed by atoms with Crippen LogP contribution >= 0.6 is 0 Å². The van der Waals surface area contributed by atoms with E-state index in [0.29, 0.717) is 11.8 Å². The average molecular weight is 193 g/mol. The van der Waals surface area contributed by atoms with Gasteiger partial charge in [-0.15, -0.1) is 10.2 Å². The van der Waals surface area contributed by atoms with Gasteiger partial charge >= 0.3 is 0 Å². The number of aromatic nitrogens is 2. The van der Waals surface area contributed by atoms with Crippen LogP contribution in [0.1, 0.15) is 18.6 Å². The Morgan fingerprint density at radius 3 is 2.93 bits per heavy atom. The molecule has 0 unspecified atom stereocenters. The van der Waals surface area contributed by atoms with Crippen molar-refractivity contribution in [3.8, 4) is 11.5 Å². The lowest BCUT2D eigenvalue weighted by Gasteiger charge is -1.92. The third-order valence-electron chi connectivity index (χ3n) is 1.94. The molecule has 14 heavy (non-hydrogen) atoms. The van der Waals surface area contributed by atoms with Gasteiger partial charge in [0.25, 0.3) is 5.89 Å². The van der Waals surface area contributed by atoms with Gasteiger partial charge in [-0.1, -0.05) is 6.92 Å². The molecule has 0 fully saturated rings. The second kappa shape index (κ2) is 3.63. The summed E-state index contributed by atoms with van der Waals surface area (Å²) in [5.41, 5.74) is 6.21. The third kappa shape index (κ3) is 1.42. The summed E-state index contributed by atoms with van der Waals surface area (Å²) in [5.74, 6) is 1.75. The SMILES string of the molecule is CCc1occc1-c1nnc(CN)o1. The summed E-state index contributed by atoms with van der Waals surface area (Å²) in [6, 6.07) is 1.81. The lowest BCUT2D eigenvalue weighted by molar-refractivity contribution is 0.497. The molecule has 0 radical (unpaired) electrons. The van der Waals surface area contributed by atoms with Gasteiger partial charge in [0.2, 0.25) is 5.89 Å². The molecule has 74 valence electrons. The fourth-order valence-electron chi connectivity index (χ4n) is 1.25. The Labute approximate surface area is 80.9 Å². The second-order valence-corrected chi connectivity index (χ2v) is 2.82. The van der Waals surface area contributed by atoms with Crippen LogP contribution in [0.5, 0.6) is 0 Å². The molecule has 0 saturated heterocycles. The van der Waals surface area contributed by atoms with Crippen LogP contribution in [0, 0.1) is 0 Å². The van der Waals surface area contributed by atoms with Gasteiger partial charge in [0.15, 0.2) is 0 Å². The average Bonchev–Trinajstić information content (AvgIpc) is 2.85. The molecule has 0 amide bonds. The van der Waals surface area contributed by atoms with E-state index in [1.165, 1.54) is 0 Å². The number of nitrogens with two attached hydrogens (primary N) is 1. The summed E-state index contributed by atoms with van der Waals surface area (Å²) in [6.45, 7) is 2.26. The first kappa shape index (κ1) is 8.96. The molecule has 0 bridgehead atoms. The van der Waals surface area contributed by atoms with Crippen molar-refractivity contribution in [3.05, 3.63) is 24.0 Å². The van der Waals surface area contributed by atoms with Crippen molar-refractivity contribution in [3.63, 3.8) is 0 Å². The molecule has 2 aromatic heterocycles. The molecule has 0 aliphatic rings. The molecule has 2 heterocycles. The van der Waals surface area contributed by atoms with Crippen molar-refractivity contribution in [2.45, 2.75) is 19.9 Å². The number of furan rings is 1. The smallest absolute Gasteiger partial charge is 0.251 e. The number of hydrogen-bond acceptors (Lipinski definition) is 5.